The lowest BCUT2D eigenvalue weighted by Gasteiger charge is -2.46. The van der Waals surface area contributed by atoms with Gasteiger partial charge >= 0.3 is 0 Å². The van der Waals surface area contributed by atoms with E-state index in [1.54, 1.807) is 0 Å². The molecule has 0 radical (unpaired) electrons. The zero-order valence-electron chi connectivity index (χ0n) is 11.6. The van der Waals surface area contributed by atoms with Crippen molar-refractivity contribution in [1.82, 2.24) is 10.2 Å². The molecule has 3 heteroatoms. The summed E-state index contributed by atoms with van der Waals surface area (Å²) in [6.07, 6.45) is 5.85. The molecule has 1 aliphatic carbocycles. The number of fused-ring (bicyclic) bond motifs is 1. The van der Waals surface area contributed by atoms with Crippen LogP contribution in [0, 0.1) is 0 Å². The quantitative estimate of drug-likeness (QED) is 0.813. The highest BCUT2D eigenvalue weighted by Gasteiger charge is 2.35. The third-order valence-electron chi connectivity index (χ3n) is 4.16. The zero-order valence-corrected chi connectivity index (χ0v) is 11.6. The molecule has 2 rings (SSSR count). The summed E-state index contributed by atoms with van der Waals surface area (Å²) in [6, 6.07) is 1.90. The van der Waals surface area contributed by atoms with Crippen molar-refractivity contribution in [3.05, 3.63) is 0 Å². The van der Waals surface area contributed by atoms with Crippen LogP contribution in [0.15, 0.2) is 0 Å². The Hall–Kier alpha value is -0.120. The lowest BCUT2D eigenvalue weighted by Crippen LogP contribution is -2.57. The van der Waals surface area contributed by atoms with Gasteiger partial charge in [-0.25, -0.2) is 0 Å². The number of rotatable bonds is 4. The molecule has 0 aromatic carbocycles. The van der Waals surface area contributed by atoms with Gasteiger partial charge in [-0.3, -0.25) is 4.90 Å². The Morgan fingerprint density at radius 3 is 2.76 bits per heavy atom. The van der Waals surface area contributed by atoms with Gasteiger partial charge in [0.05, 0.1) is 12.7 Å². The minimum Gasteiger partial charge on any atom is -0.375 e. The molecule has 1 aliphatic heterocycles. The third kappa shape index (κ3) is 3.43. The Kier molecular flexibility index (Phi) is 4.83. The molecule has 0 spiro atoms. The molecule has 100 valence electrons. The normalized spacial score (nSPS) is 32.5. The standard InChI is InChI=1S/C14H28N2O/c1-11(2)15-10-12(3)16-8-9-17-14-7-5-4-6-13(14)16/h11-15H,4-10H2,1-3H3. The second kappa shape index (κ2) is 6.17. The predicted octanol–water partition coefficient (Wildman–Crippen LogP) is 2.02. The highest BCUT2D eigenvalue weighted by molar-refractivity contribution is 4.90. The van der Waals surface area contributed by atoms with Crippen LogP contribution in [-0.2, 0) is 4.74 Å². The van der Waals surface area contributed by atoms with Crippen molar-refractivity contribution in [3.8, 4) is 0 Å². The Balaban J connectivity index is 1.88. The van der Waals surface area contributed by atoms with Gasteiger partial charge in [-0.15, -0.1) is 0 Å². The van der Waals surface area contributed by atoms with Gasteiger partial charge in [0.2, 0.25) is 0 Å². The van der Waals surface area contributed by atoms with Crippen molar-refractivity contribution in [2.75, 3.05) is 19.7 Å². The van der Waals surface area contributed by atoms with E-state index in [1.807, 2.05) is 0 Å². The fraction of sp³-hybridized carbons (Fsp3) is 1.00. The molecule has 17 heavy (non-hydrogen) atoms. The van der Waals surface area contributed by atoms with E-state index in [4.69, 9.17) is 4.74 Å². The van der Waals surface area contributed by atoms with Gasteiger partial charge in [0, 0.05) is 31.2 Å². The number of hydrogen-bond donors (Lipinski definition) is 1. The van der Waals surface area contributed by atoms with Crippen molar-refractivity contribution < 1.29 is 4.74 Å². The number of hydrogen-bond acceptors (Lipinski definition) is 3. The van der Waals surface area contributed by atoms with Crippen LogP contribution < -0.4 is 5.32 Å². The Morgan fingerprint density at radius 1 is 1.24 bits per heavy atom. The first-order chi connectivity index (χ1) is 8.18. The van der Waals surface area contributed by atoms with Crippen LogP contribution in [0.4, 0.5) is 0 Å². The molecular weight excluding hydrogens is 212 g/mol. The van der Waals surface area contributed by atoms with E-state index in [9.17, 15) is 0 Å². The average Bonchev–Trinajstić information content (AvgIpc) is 2.35. The van der Waals surface area contributed by atoms with E-state index in [0.717, 1.165) is 19.7 Å². The van der Waals surface area contributed by atoms with E-state index < -0.39 is 0 Å². The summed E-state index contributed by atoms with van der Waals surface area (Å²) < 4.78 is 5.93. The maximum Gasteiger partial charge on any atom is 0.0731 e. The molecule has 2 aliphatic rings. The number of ether oxygens (including phenoxy) is 1. The van der Waals surface area contributed by atoms with Crippen molar-refractivity contribution in [3.63, 3.8) is 0 Å². The third-order valence-corrected chi connectivity index (χ3v) is 4.16. The van der Waals surface area contributed by atoms with E-state index in [-0.39, 0.29) is 0 Å². The maximum absolute atomic E-state index is 5.93. The molecule has 1 N–H and O–H groups in total. The van der Waals surface area contributed by atoms with Crippen LogP contribution in [-0.4, -0.2) is 48.8 Å². The molecule has 3 nitrogen and oxygen atoms in total. The number of morpholine rings is 1. The van der Waals surface area contributed by atoms with Gasteiger partial charge < -0.3 is 10.1 Å². The van der Waals surface area contributed by atoms with Crippen LogP contribution in [0.2, 0.25) is 0 Å². The maximum atomic E-state index is 5.93. The van der Waals surface area contributed by atoms with E-state index >= 15 is 0 Å². The summed E-state index contributed by atoms with van der Waals surface area (Å²) in [5.41, 5.74) is 0. The molecule has 1 saturated heterocycles. The fourth-order valence-electron chi connectivity index (χ4n) is 3.20. The monoisotopic (exact) mass is 240 g/mol. The first-order valence-corrected chi connectivity index (χ1v) is 7.29. The molecule has 0 amide bonds. The molecule has 0 bridgehead atoms. The largest absolute Gasteiger partial charge is 0.375 e. The minimum absolute atomic E-state index is 0.513. The van der Waals surface area contributed by atoms with Crippen molar-refractivity contribution in [2.24, 2.45) is 0 Å². The van der Waals surface area contributed by atoms with Gasteiger partial charge in [0.1, 0.15) is 0 Å². The summed E-state index contributed by atoms with van der Waals surface area (Å²) >= 11 is 0. The van der Waals surface area contributed by atoms with Crippen molar-refractivity contribution >= 4 is 0 Å². The summed E-state index contributed by atoms with van der Waals surface area (Å²) in [5.74, 6) is 0. The summed E-state index contributed by atoms with van der Waals surface area (Å²) in [4.78, 5) is 2.68. The highest BCUT2D eigenvalue weighted by Crippen LogP contribution is 2.29. The second-order valence-electron chi connectivity index (χ2n) is 5.91. The molecule has 1 heterocycles. The van der Waals surface area contributed by atoms with Gasteiger partial charge in [-0.2, -0.15) is 0 Å². The fourth-order valence-corrected chi connectivity index (χ4v) is 3.20. The van der Waals surface area contributed by atoms with Crippen LogP contribution in [0.25, 0.3) is 0 Å². The van der Waals surface area contributed by atoms with E-state index in [1.165, 1.54) is 25.7 Å². The summed E-state index contributed by atoms with van der Waals surface area (Å²) in [5, 5.41) is 3.56. The number of nitrogens with zero attached hydrogens (tertiary/aromatic N) is 1. The lowest BCUT2D eigenvalue weighted by atomic mass is 9.89. The highest BCUT2D eigenvalue weighted by atomic mass is 16.5. The van der Waals surface area contributed by atoms with Crippen LogP contribution in [0.3, 0.4) is 0 Å². The second-order valence-corrected chi connectivity index (χ2v) is 5.91. The minimum atomic E-state index is 0.513. The van der Waals surface area contributed by atoms with Crippen molar-refractivity contribution in [2.45, 2.75) is 70.7 Å². The summed E-state index contributed by atoms with van der Waals surface area (Å²) in [6.45, 7) is 9.92. The Labute approximate surface area is 106 Å². The predicted molar refractivity (Wildman–Crippen MR) is 71.3 cm³/mol. The molecule has 1 saturated carbocycles. The SMILES string of the molecule is CC(C)NCC(C)N1CCOC2CCCCC21. The molecular formula is C14H28N2O. The zero-order chi connectivity index (χ0) is 12.3. The first kappa shape index (κ1) is 13.3. The van der Waals surface area contributed by atoms with Gasteiger partial charge in [0.15, 0.2) is 0 Å². The van der Waals surface area contributed by atoms with Gasteiger partial charge in [-0.1, -0.05) is 26.7 Å². The number of nitrogens with one attached hydrogen (secondary N) is 1. The van der Waals surface area contributed by atoms with Gasteiger partial charge in [-0.05, 0) is 19.8 Å². The van der Waals surface area contributed by atoms with E-state index in [2.05, 4.69) is 31.0 Å². The molecule has 3 unspecified atom stereocenters. The van der Waals surface area contributed by atoms with Crippen molar-refractivity contribution in [1.29, 1.82) is 0 Å². The molecule has 0 aromatic heterocycles. The van der Waals surface area contributed by atoms with Crippen LogP contribution >= 0.6 is 0 Å². The topological polar surface area (TPSA) is 24.5 Å². The van der Waals surface area contributed by atoms with Crippen LogP contribution in [0.1, 0.15) is 46.5 Å². The van der Waals surface area contributed by atoms with E-state index in [0.29, 0.717) is 24.2 Å². The Morgan fingerprint density at radius 2 is 2.00 bits per heavy atom. The average molecular weight is 240 g/mol. The van der Waals surface area contributed by atoms with Crippen LogP contribution in [0.5, 0.6) is 0 Å². The lowest BCUT2D eigenvalue weighted by molar-refractivity contribution is -0.0998. The molecule has 3 atom stereocenters. The summed E-state index contributed by atoms with van der Waals surface area (Å²) in [7, 11) is 0. The molecule has 0 aromatic rings. The smallest absolute Gasteiger partial charge is 0.0731 e. The molecule has 2 fully saturated rings. The Bertz CT molecular complexity index is 230. The van der Waals surface area contributed by atoms with Gasteiger partial charge in [0.25, 0.3) is 0 Å². The first-order valence-electron chi connectivity index (χ1n) is 7.29.